The number of benzene rings is 1. The Labute approximate surface area is 149 Å². The SMILES string of the molecule is CO[C@@]1(C)C[C@H]1NC(=O)Nc1c(-c2ccc(Br)cc2)c(C)nn1C. The monoisotopic (exact) mass is 392 g/mol. The third kappa shape index (κ3) is 3.18. The molecule has 0 saturated heterocycles. The maximum absolute atomic E-state index is 12.3. The van der Waals surface area contributed by atoms with Gasteiger partial charge in [-0.3, -0.25) is 10.00 Å². The predicted molar refractivity (Wildman–Crippen MR) is 97.1 cm³/mol. The summed E-state index contributed by atoms with van der Waals surface area (Å²) in [5, 5.41) is 10.3. The molecule has 0 aliphatic heterocycles. The number of hydrogen-bond acceptors (Lipinski definition) is 3. The van der Waals surface area contributed by atoms with E-state index in [1.165, 1.54) is 0 Å². The molecule has 128 valence electrons. The molecule has 1 saturated carbocycles. The van der Waals surface area contributed by atoms with Crippen molar-refractivity contribution in [1.82, 2.24) is 15.1 Å². The van der Waals surface area contributed by atoms with Crippen LogP contribution in [-0.4, -0.2) is 34.6 Å². The summed E-state index contributed by atoms with van der Waals surface area (Å²) in [5.41, 5.74) is 2.54. The van der Waals surface area contributed by atoms with Crippen molar-refractivity contribution < 1.29 is 9.53 Å². The van der Waals surface area contributed by atoms with E-state index in [0.717, 1.165) is 27.7 Å². The molecule has 1 aromatic carbocycles. The van der Waals surface area contributed by atoms with Crippen molar-refractivity contribution in [3.63, 3.8) is 0 Å². The second-order valence-corrected chi connectivity index (χ2v) is 7.23. The number of amides is 2. The molecule has 3 rings (SSSR count). The van der Waals surface area contributed by atoms with Crippen LogP contribution in [0.15, 0.2) is 28.7 Å². The van der Waals surface area contributed by atoms with E-state index in [1.54, 1.807) is 11.8 Å². The molecule has 2 aromatic rings. The fourth-order valence-electron chi connectivity index (χ4n) is 2.84. The van der Waals surface area contributed by atoms with Gasteiger partial charge in [-0.2, -0.15) is 5.10 Å². The van der Waals surface area contributed by atoms with Crippen molar-refractivity contribution in [3.8, 4) is 11.1 Å². The van der Waals surface area contributed by atoms with E-state index in [0.29, 0.717) is 5.82 Å². The number of ether oxygens (including phenoxy) is 1. The van der Waals surface area contributed by atoms with Gasteiger partial charge in [0.15, 0.2) is 0 Å². The summed E-state index contributed by atoms with van der Waals surface area (Å²) in [5.74, 6) is 0.673. The lowest BCUT2D eigenvalue weighted by Gasteiger charge is -2.12. The van der Waals surface area contributed by atoms with Crippen molar-refractivity contribution in [2.45, 2.75) is 31.9 Å². The van der Waals surface area contributed by atoms with Gasteiger partial charge >= 0.3 is 6.03 Å². The first-order chi connectivity index (χ1) is 11.3. The molecule has 1 aliphatic rings. The lowest BCUT2D eigenvalue weighted by Crippen LogP contribution is -2.35. The first-order valence-electron chi connectivity index (χ1n) is 7.76. The third-order valence-electron chi connectivity index (χ3n) is 4.55. The summed E-state index contributed by atoms with van der Waals surface area (Å²) >= 11 is 3.44. The normalized spacial score (nSPS) is 22.3. The van der Waals surface area contributed by atoms with E-state index in [-0.39, 0.29) is 17.7 Å². The number of carbonyl (C=O) groups is 1. The minimum Gasteiger partial charge on any atom is -0.376 e. The average molecular weight is 393 g/mol. The molecule has 1 heterocycles. The number of aryl methyl sites for hydroxylation is 2. The number of rotatable bonds is 4. The van der Waals surface area contributed by atoms with E-state index < -0.39 is 0 Å². The van der Waals surface area contributed by atoms with Crippen molar-refractivity contribution >= 4 is 27.8 Å². The van der Waals surface area contributed by atoms with Crippen LogP contribution < -0.4 is 10.6 Å². The van der Waals surface area contributed by atoms with Crippen molar-refractivity contribution in [2.24, 2.45) is 7.05 Å². The van der Waals surface area contributed by atoms with Crippen LogP contribution in [0.2, 0.25) is 0 Å². The lowest BCUT2D eigenvalue weighted by atomic mass is 10.1. The van der Waals surface area contributed by atoms with Crippen LogP contribution in [0.1, 0.15) is 19.0 Å². The molecule has 0 radical (unpaired) electrons. The van der Waals surface area contributed by atoms with Crippen molar-refractivity contribution in [3.05, 3.63) is 34.4 Å². The van der Waals surface area contributed by atoms with Crippen LogP contribution in [0, 0.1) is 6.92 Å². The molecule has 1 aromatic heterocycles. The highest BCUT2D eigenvalue weighted by Gasteiger charge is 2.51. The Balaban J connectivity index is 1.81. The second-order valence-electron chi connectivity index (χ2n) is 6.31. The summed E-state index contributed by atoms with van der Waals surface area (Å²) in [7, 11) is 3.48. The van der Waals surface area contributed by atoms with Gasteiger partial charge in [-0.05, 0) is 31.5 Å². The molecule has 6 nitrogen and oxygen atoms in total. The first kappa shape index (κ1) is 17.0. The molecule has 24 heavy (non-hydrogen) atoms. The zero-order valence-electron chi connectivity index (χ0n) is 14.2. The zero-order valence-corrected chi connectivity index (χ0v) is 15.8. The number of urea groups is 1. The molecule has 7 heteroatoms. The lowest BCUT2D eigenvalue weighted by molar-refractivity contribution is 0.0885. The summed E-state index contributed by atoms with van der Waals surface area (Å²) in [6.45, 7) is 3.92. The fourth-order valence-corrected chi connectivity index (χ4v) is 3.11. The van der Waals surface area contributed by atoms with Crippen molar-refractivity contribution in [1.29, 1.82) is 0 Å². The minimum absolute atomic E-state index is 0.0351. The molecule has 2 N–H and O–H groups in total. The van der Waals surface area contributed by atoms with Gasteiger partial charge in [0.2, 0.25) is 0 Å². The molecular weight excluding hydrogens is 372 g/mol. The molecule has 0 spiro atoms. The maximum atomic E-state index is 12.3. The average Bonchev–Trinajstić information content (AvgIpc) is 3.09. The van der Waals surface area contributed by atoms with Gasteiger partial charge in [0.05, 0.1) is 17.3 Å². The van der Waals surface area contributed by atoms with Crippen LogP contribution in [0.3, 0.4) is 0 Å². The highest BCUT2D eigenvalue weighted by molar-refractivity contribution is 9.10. The summed E-state index contributed by atoms with van der Waals surface area (Å²) in [6.07, 6.45) is 0.820. The molecule has 1 fully saturated rings. The number of aromatic nitrogens is 2. The van der Waals surface area contributed by atoms with Gasteiger partial charge in [-0.25, -0.2) is 4.79 Å². The van der Waals surface area contributed by atoms with Crippen LogP contribution in [0.5, 0.6) is 0 Å². The number of nitrogens with one attached hydrogen (secondary N) is 2. The highest BCUT2D eigenvalue weighted by Crippen LogP contribution is 2.39. The Morgan fingerprint density at radius 3 is 2.67 bits per heavy atom. The second kappa shape index (κ2) is 6.22. The Morgan fingerprint density at radius 2 is 2.08 bits per heavy atom. The van der Waals surface area contributed by atoms with Crippen LogP contribution >= 0.6 is 15.9 Å². The van der Waals surface area contributed by atoms with E-state index >= 15 is 0 Å². The number of hydrogen-bond donors (Lipinski definition) is 2. The van der Waals surface area contributed by atoms with E-state index in [2.05, 4.69) is 31.7 Å². The van der Waals surface area contributed by atoms with E-state index in [1.807, 2.05) is 45.2 Å². The Kier molecular flexibility index (Phi) is 4.40. The number of anilines is 1. The smallest absolute Gasteiger partial charge is 0.320 e. The Morgan fingerprint density at radius 1 is 1.42 bits per heavy atom. The summed E-state index contributed by atoms with van der Waals surface area (Å²) in [4.78, 5) is 12.3. The molecular formula is C17H21BrN4O2. The number of halogens is 1. The van der Waals surface area contributed by atoms with Gasteiger partial charge in [-0.1, -0.05) is 28.1 Å². The third-order valence-corrected chi connectivity index (χ3v) is 5.07. The topological polar surface area (TPSA) is 68.2 Å². The maximum Gasteiger partial charge on any atom is 0.320 e. The van der Waals surface area contributed by atoms with Gasteiger partial charge in [0.1, 0.15) is 5.82 Å². The number of nitrogens with zero attached hydrogens (tertiary/aromatic N) is 2. The van der Waals surface area contributed by atoms with E-state index in [4.69, 9.17) is 4.74 Å². The zero-order chi connectivity index (χ0) is 17.5. The number of methoxy groups -OCH3 is 1. The summed E-state index contributed by atoms with van der Waals surface area (Å²) in [6, 6.07) is 7.73. The largest absolute Gasteiger partial charge is 0.376 e. The molecule has 2 atom stereocenters. The fraction of sp³-hybridized carbons (Fsp3) is 0.412. The standard InChI is InChI=1S/C17H21BrN4O2/c1-10-14(11-5-7-12(18)8-6-11)15(22(3)21-10)20-16(23)19-13-9-17(13,2)24-4/h5-8,13H,9H2,1-4H3,(H2,19,20,23)/t13-,17+/m1/s1. The predicted octanol–water partition coefficient (Wildman–Crippen LogP) is 3.46. The van der Waals surface area contributed by atoms with Gasteiger partial charge in [0.25, 0.3) is 0 Å². The van der Waals surface area contributed by atoms with Crippen LogP contribution in [0.25, 0.3) is 11.1 Å². The van der Waals surface area contributed by atoms with Crippen LogP contribution in [-0.2, 0) is 11.8 Å². The Bertz CT molecular complexity index is 772. The van der Waals surface area contributed by atoms with Crippen molar-refractivity contribution in [2.75, 3.05) is 12.4 Å². The molecule has 2 amide bonds. The molecule has 0 unspecified atom stereocenters. The summed E-state index contributed by atoms with van der Waals surface area (Å²) < 4.78 is 8.08. The van der Waals surface area contributed by atoms with Gasteiger partial charge < -0.3 is 10.1 Å². The van der Waals surface area contributed by atoms with Gasteiger partial charge in [0, 0.05) is 30.6 Å². The minimum atomic E-state index is -0.256. The van der Waals surface area contributed by atoms with Crippen LogP contribution in [0.4, 0.5) is 10.6 Å². The molecule has 0 bridgehead atoms. The number of carbonyl (C=O) groups excluding carboxylic acids is 1. The van der Waals surface area contributed by atoms with Gasteiger partial charge in [-0.15, -0.1) is 0 Å². The highest BCUT2D eigenvalue weighted by atomic mass is 79.9. The quantitative estimate of drug-likeness (QED) is 0.836. The van der Waals surface area contributed by atoms with E-state index in [9.17, 15) is 4.79 Å². The first-order valence-corrected chi connectivity index (χ1v) is 8.55. The molecule has 1 aliphatic carbocycles. The Hall–Kier alpha value is -1.86.